The van der Waals surface area contributed by atoms with E-state index >= 15 is 0 Å². The van der Waals surface area contributed by atoms with E-state index in [0.29, 0.717) is 13.0 Å². The van der Waals surface area contributed by atoms with Crippen LogP contribution in [0.5, 0.6) is 0 Å². The van der Waals surface area contributed by atoms with Gasteiger partial charge in [0.25, 0.3) is 0 Å². The Morgan fingerprint density at radius 1 is 1.10 bits per heavy atom. The predicted octanol–water partition coefficient (Wildman–Crippen LogP) is 2.87. The molecule has 0 fully saturated rings. The molecule has 0 aliphatic heterocycles. The maximum atomic E-state index is 11.9. The molecule has 0 bridgehead atoms. The molecule has 1 aromatic carbocycles. The number of benzene rings is 1. The van der Waals surface area contributed by atoms with Crippen molar-refractivity contribution in [3.05, 3.63) is 59.9 Å². The van der Waals surface area contributed by atoms with Gasteiger partial charge in [0.15, 0.2) is 18.9 Å². The van der Waals surface area contributed by atoms with Crippen molar-refractivity contribution in [2.75, 3.05) is 5.32 Å². The van der Waals surface area contributed by atoms with Gasteiger partial charge >= 0.3 is 0 Å². The van der Waals surface area contributed by atoms with Crippen molar-refractivity contribution in [3.63, 3.8) is 0 Å². The van der Waals surface area contributed by atoms with E-state index in [9.17, 15) is 4.79 Å². The van der Waals surface area contributed by atoms with Crippen molar-refractivity contribution in [1.29, 1.82) is 0 Å². The summed E-state index contributed by atoms with van der Waals surface area (Å²) in [6, 6.07) is 12.1. The molecule has 3 heteroatoms. The van der Waals surface area contributed by atoms with Crippen LogP contribution >= 0.6 is 0 Å². The van der Waals surface area contributed by atoms with Crippen LogP contribution in [-0.4, -0.2) is 5.91 Å². The summed E-state index contributed by atoms with van der Waals surface area (Å²) < 4.78 is 2.02. The quantitative estimate of drug-likeness (QED) is 0.832. The summed E-state index contributed by atoms with van der Waals surface area (Å²) in [5.74, 6) is 0.0438. The van der Waals surface area contributed by atoms with Crippen LogP contribution in [0, 0.1) is 6.92 Å². The van der Waals surface area contributed by atoms with Gasteiger partial charge in [-0.2, -0.15) is 0 Å². The van der Waals surface area contributed by atoms with E-state index in [2.05, 4.69) is 19.2 Å². The van der Waals surface area contributed by atoms with Gasteiger partial charge in [0, 0.05) is 17.8 Å². The van der Waals surface area contributed by atoms with Crippen LogP contribution in [-0.2, 0) is 17.8 Å². The van der Waals surface area contributed by atoms with Gasteiger partial charge in [0.2, 0.25) is 5.91 Å². The second kappa shape index (κ2) is 6.85. The lowest BCUT2D eigenvalue weighted by Gasteiger charge is -2.05. The summed E-state index contributed by atoms with van der Waals surface area (Å²) in [7, 11) is 0. The van der Waals surface area contributed by atoms with E-state index in [1.165, 1.54) is 11.1 Å². The third kappa shape index (κ3) is 4.19. The molecule has 2 aromatic rings. The molecule has 0 spiro atoms. The molecule has 0 aliphatic carbocycles. The second-order valence-corrected chi connectivity index (χ2v) is 4.96. The lowest BCUT2D eigenvalue weighted by Crippen LogP contribution is -2.34. The second-order valence-electron chi connectivity index (χ2n) is 4.96. The highest BCUT2D eigenvalue weighted by atomic mass is 16.1. The number of nitrogens with zero attached hydrogens (tertiary/aromatic N) is 1. The number of nitrogens with one attached hydrogen (secondary N) is 1. The molecule has 104 valence electrons. The van der Waals surface area contributed by atoms with Gasteiger partial charge in [-0.3, -0.25) is 4.79 Å². The van der Waals surface area contributed by atoms with Crippen LogP contribution in [0.4, 0.5) is 5.69 Å². The third-order valence-corrected chi connectivity index (χ3v) is 3.30. The number of pyridine rings is 1. The number of rotatable bonds is 5. The molecule has 2 rings (SSSR count). The fourth-order valence-corrected chi connectivity index (χ4v) is 1.96. The maximum absolute atomic E-state index is 11.9. The standard InChI is InChI=1S/C17H20N2O/c1-3-15-4-6-16(7-5-15)18-17(20)10-13-19-11-8-14(2)9-12-19/h4-9,11-12H,3,10,13H2,1-2H3/p+1. The van der Waals surface area contributed by atoms with Crippen molar-refractivity contribution in [2.45, 2.75) is 33.2 Å². The van der Waals surface area contributed by atoms with Crippen LogP contribution in [0.1, 0.15) is 24.5 Å². The maximum Gasteiger partial charge on any atom is 0.230 e. The average Bonchev–Trinajstić information content (AvgIpc) is 2.47. The first-order chi connectivity index (χ1) is 9.67. The van der Waals surface area contributed by atoms with Gasteiger partial charge in [-0.15, -0.1) is 0 Å². The van der Waals surface area contributed by atoms with Crippen molar-refractivity contribution >= 4 is 11.6 Å². The number of carbonyl (C=O) groups is 1. The van der Waals surface area contributed by atoms with Gasteiger partial charge in [-0.1, -0.05) is 19.1 Å². The third-order valence-electron chi connectivity index (χ3n) is 3.30. The highest BCUT2D eigenvalue weighted by molar-refractivity contribution is 5.90. The molecular formula is C17H21N2O+. The van der Waals surface area contributed by atoms with E-state index in [1.54, 1.807) is 0 Å². The number of aryl methyl sites for hydroxylation is 3. The Morgan fingerprint density at radius 3 is 2.35 bits per heavy atom. The topological polar surface area (TPSA) is 33.0 Å². The summed E-state index contributed by atoms with van der Waals surface area (Å²) in [6.45, 7) is 4.86. The molecule has 0 atom stereocenters. The highest BCUT2D eigenvalue weighted by Gasteiger charge is 2.06. The number of aromatic nitrogens is 1. The van der Waals surface area contributed by atoms with Crippen LogP contribution in [0.3, 0.4) is 0 Å². The van der Waals surface area contributed by atoms with Crippen LogP contribution in [0.2, 0.25) is 0 Å². The SMILES string of the molecule is CCc1ccc(NC(=O)CC[n+]2ccc(C)cc2)cc1. The Balaban J connectivity index is 1.84. The molecule has 1 aromatic heterocycles. The molecule has 0 saturated heterocycles. The molecular weight excluding hydrogens is 248 g/mol. The summed E-state index contributed by atoms with van der Waals surface area (Å²) in [6.07, 6.45) is 5.48. The van der Waals surface area contributed by atoms with Gasteiger partial charge in [-0.05, 0) is 36.6 Å². The molecule has 0 unspecified atom stereocenters. The molecule has 1 amide bonds. The Bertz CT molecular complexity index is 559. The summed E-state index contributed by atoms with van der Waals surface area (Å²) in [5, 5.41) is 2.92. The molecule has 0 radical (unpaired) electrons. The first kappa shape index (κ1) is 14.3. The minimum atomic E-state index is 0.0438. The number of anilines is 1. The fraction of sp³-hybridized carbons (Fsp3) is 0.294. The Kier molecular flexibility index (Phi) is 4.88. The summed E-state index contributed by atoms with van der Waals surface area (Å²) >= 11 is 0. The van der Waals surface area contributed by atoms with E-state index in [-0.39, 0.29) is 5.91 Å². The van der Waals surface area contributed by atoms with E-state index in [4.69, 9.17) is 0 Å². The molecule has 1 heterocycles. The van der Waals surface area contributed by atoms with E-state index < -0.39 is 0 Å². The van der Waals surface area contributed by atoms with Crippen LogP contribution < -0.4 is 9.88 Å². The van der Waals surface area contributed by atoms with Crippen LogP contribution in [0.15, 0.2) is 48.8 Å². The van der Waals surface area contributed by atoms with Gasteiger partial charge in [0.1, 0.15) is 0 Å². The van der Waals surface area contributed by atoms with Gasteiger partial charge in [-0.25, -0.2) is 4.57 Å². The van der Waals surface area contributed by atoms with Crippen LogP contribution in [0.25, 0.3) is 0 Å². The van der Waals surface area contributed by atoms with Crippen molar-refractivity contribution < 1.29 is 9.36 Å². The first-order valence-electron chi connectivity index (χ1n) is 7.02. The fourth-order valence-electron chi connectivity index (χ4n) is 1.96. The van der Waals surface area contributed by atoms with Gasteiger partial charge in [0.05, 0.1) is 6.42 Å². The summed E-state index contributed by atoms with van der Waals surface area (Å²) in [4.78, 5) is 11.9. The number of hydrogen-bond acceptors (Lipinski definition) is 1. The van der Waals surface area contributed by atoms with Crippen molar-refractivity contribution in [3.8, 4) is 0 Å². The number of amides is 1. The minimum absolute atomic E-state index is 0.0438. The lowest BCUT2D eigenvalue weighted by molar-refractivity contribution is -0.695. The molecule has 0 aliphatic rings. The van der Waals surface area contributed by atoms with E-state index in [1.807, 2.05) is 53.4 Å². The Morgan fingerprint density at radius 2 is 1.75 bits per heavy atom. The number of carbonyl (C=O) groups excluding carboxylic acids is 1. The van der Waals surface area contributed by atoms with Crippen molar-refractivity contribution in [2.24, 2.45) is 0 Å². The number of hydrogen-bond donors (Lipinski definition) is 1. The van der Waals surface area contributed by atoms with Crippen molar-refractivity contribution in [1.82, 2.24) is 0 Å². The predicted molar refractivity (Wildman–Crippen MR) is 80.4 cm³/mol. The molecule has 0 saturated carbocycles. The summed E-state index contributed by atoms with van der Waals surface area (Å²) in [5.41, 5.74) is 3.36. The average molecular weight is 269 g/mol. The normalized spacial score (nSPS) is 10.3. The smallest absolute Gasteiger partial charge is 0.230 e. The first-order valence-corrected chi connectivity index (χ1v) is 7.02. The Hall–Kier alpha value is -2.16. The zero-order valence-corrected chi connectivity index (χ0v) is 12.1. The Labute approximate surface area is 120 Å². The van der Waals surface area contributed by atoms with E-state index in [0.717, 1.165) is 12.1 Å². The zero-order valence-electron chi connectivity index (χ0n) is 12.1. The molecule has 3 nitrogen and oxygen atoms in total. The van der Waals surface area contributed by atoms with Gasteiger partial charge < -0.3 is 5.32 Å². The molecule has 20 heavy (non-hydrogen) atoms. The minimum Gasteiger partial charge on any atom is -0.326 e. The monoisotopic (exact) mass is 269 g/mol. The molecule has 1 N–H and O–H groups in total. The zero-order chi connectivity index (χ0) is 14.4. The highest BCUT2D eigenvalue weighted by Crippen LogP contribution is 2.10. The largest absolute Gasteiger partial charge is 0.326 e. The lowest BCUT2D eigenvalue weighted by atomic mass is 10.1.